The second-order valence-electron chi connectivity index (χ2n) is 7.68. The van der Waals surface area contributed by atoms with Crippen LogP contribution in [-0.4, -0.2) is 10.1 Å². The zero-order chi connectivity index (χ0) is 14.9. The first kappa shape index (κ1) is 15.5. The molecule has 1 aromatic rings. The van der Waals surface area contributed by atoms with Crippen molar-refractivity contribution in [2.45, 2.75) is 72.3 Å². The smallest absolute Gasteiger partial charge is 0.229 e. The molecule has 2 N–H and O–H groups in total. The Morgan fingerprint density at radius 3 is 2.25 bits per heavy atom. The standard InChI is InChI=1S/C16H29N3O/c1-10(2)13(17)14-18-15(20-19-14)11-6-8-12(9-7-11)16(3,4)5/h10-13H,6-9,17H2,1-5H3. The lowest BCUT2D eigenvalue weighted by Crippen LogP contribution is -2.25. The molecule has 0 spiro atoms. The first-order valence-electron chi connectivity index (χ1n) is 7.88. The molecule has 4 nitrogen and oxygen atoms in total. The third-order valence-electron chi connectivity index (χ3n) is 4.77. The fraction of sp³-hybridized carbons (Fsp3) is 0.875. The van der Waals surface area contributed by atoms with Gasteiger partial charge in [0.05, 0.1) is 6.04 Å². The van der Waals surface area contributed by atoms with E-state index in [-0.39, 0.29) is 6.04 Å². The molecule has 4 heteroatoms. The van der Waals surface area contributed by atoms with Gasteiger partial charge >= 0.3 is 0 Å². The van der Waals surface area contributed by atoms with Crippen LogP contribution in [0.25, 0.3) is 0 Å². The molecule has 0 saturated heterocycles. The third-order valence-corrected chi connectivity index (χ3v) is 4.77. The molecule has 1 saturated carbocycles. The summed E-state index contributed by atoms with van der Waals surface area (Å²) in [6.45, 7) is 11.2. The van der Waals surface area contributed by atoms with Gasteiger partial charge in [-0.05, 0) is 42.9 Å². The Balaban J connectivity index is 1.98. The third kappa shape index (κ3) is 3.40. The zero-order valence-corrected chi connectivity index (χ0v) is 13.5. The first-order chi connectivity index (χ1) is 9.29. The summed E-state index contributed by atoms with van der Waals surface area (Å²) in [7, 11) is 0. The minimum absolute atomic E-state index is 0.126. The van der Waals surface area contributed by atoms with E-state index in [0.717, 1.165) is 24.7 Å². The van der Waals surface area contributed by atoms with Crippen LogP contribution in [-0.2, 0) is 0 Å². The quantitative estimate of drug-likeness (QED) is 0.906. The summed E-state index contributed by atoms with van der Waals surface area (Å²) in [5.74, 6) is 3.02. The van der Waals surface area contributed by atoms with Crippen LogP contribution in [0.4, 0.5) is 0 Å². The monoisotopic (exact) mass is 279 g/mol. The van der Waals surface area contributed by atoms with Crippen molar-refractivity contribution in [2.24, 2.45) is 23.0 Å². The van der Waals surface area contributed by atoms with Gasteiger partial charge in [-0.3, -0.25) is 0 Å². The maximum atomic E-state index is 6.07. The zero-order valence-electron chi connectivity index (χ0n) is 13.5. The number of rotatable bonds is 3. The summed E-state index contributed by atoms with van der Waals surface area (Å²) < 4.78 is 5.46. The Morgan fingerprint density at radius 1 is 1.15 bits per heavy atom. The molecule has 1 atom stereocenters. The molecular weight excluding hydrogens is 250 g/mol. The minimum Gasteiger partial charge on any atom is -0.339 e. The lowest BCUT2D eigenvalue weighted by Gasteiger charge is -2.35. The van der Waals surface area contributed by atoms with E-state index >= 15 is 0 Å². The van der Waals surface area contributed by atoms with Crippen molar-refractivity contribution >= 4 is 0 Å². The predicted molar refractivity (Wildman–Crippen MR) is 80.2 cm³/mol. The molecule has 2 rings (SSSR count). The molecule has 0 amide bonds. The van der Waals surface area contributed by atoms with Crippen LogP contribution in [0.3, 0.4) is 0 Å². The van der Waals surface area contributed by atoms with Gasteiger partial charge in [-0.1, -0.05) is 39.8 Å². The Kier molecular flexibility index (Phi) is 4.52. The average molecular weight is 279 g/mol. The number of hydrogen-bond acceptors (Lipinski definition) is 4. The van der Waals surface area contributed by atoms with Gasteiger partial charge in [-0.25, -0.2) is 0 Å². The molecule has 0 radical (unpaired) electrons. The van der Waals surface area contributed by atoms with Gasteiger partial charge in [-0.2, -0.15) is 4.98 Å². The van der Waals surface area contributed by atoms with Crippen LogP contribution in [0.1, 0.15) is 84.0 Å². The molecule has 1 fully saturated rings. The molecule has 114 valence electrons. The Labute approximate surface area is 122 Å². The highest BCUT2D eigenvalue weighted by Gasteiger charge is 2.32. The van der Waals surface area contributed by atoms with E-state index in [9.17, 15) is 0 Å². The Morgan fingerprint density at radius 2 is 1.75 bits per heavy atom. The molecule has 0 aliphatic heterocycles. The van der Waals surface area contributed by atoms with E-state index in [1.54, 1.807) is 0 Å². The van der Waals surface area contributed by atoms with Crippen molar-refractivity contribution in [3.8, 4) is 0 Å². The van der Waals surface area contributed by atoms with Crippen LogP contribution in [0.2, 0.25) is 0 Å². The molecule has 1 aliphatic rings. The summed E-state index contributed by atoms with van der Waals surface area (Å²) in [5, 5.41) is 4.07. The highest BCUT2D eigenvalue weighted by molar-refractivity contribution is 5.00. The van der Waals surface area contributed by atoms with Gasteiger partial charge in [-0.15, -0.1) is 0 Å². The van der Waals surface area contributed by atoms with Crippen molar-refractivity contribution < 1.29 is 4.52 Å². The van der Waals surface area contributed by atoms with E-state index in [1.807, 2.05) is 0 Å². The Bertz CT molecular complexity index is 425. The highest BCUT2D eigenvalue weighted by atomic mass is 16.5. The van der Waals surface area contributed by atoms with Crippen molar-refractivity contribution in [1.82, 2.24) is 10.1 Å². The van der Waals surface area contributed by atoms with Gasteiger partial charge in [0, 0.05) is 5.92 Å². The van der Waals surface area contributed by atoms with Crippen molar-refractivity contribution in [2.75, 3.05) is 0 Å². The van der Waals surface area contributed by atoms with E-state index in [1.165, 1.54) is 12.8 Å². The number of hydrogen-bond donors (Lipinski definition) is 1. The molecule has 1 unspecified atom stereocenters. The lowest BCUT2D eigenvalue weighted by molar-refractivity contribution is 0.159. The van der Waals surface area contributed by atoms with Crippen LogP contribution in [0.15, 0.2) is 4.52 Å². The molecule has 1 heterocycles. The van der Waals surface area contributed by atoms with Crippen molar-refractivity contribution in [1.29, 1.82) is 0 Å². The van der Waals surface area contributed by atoms with E-state index in [2.05, 4.69) is 44.8 Å². The SMILES string of the molecule is CC(C)C(N)c1noc(C2CCC(C(C)(C)C)CC2)n1. The normalized spacial score (nSPS) is 25.9. The first-order valence-corrected chi connectivity index (χ1v) is 7.88. The average Bonchev–Trinajstić information content (AvgIpc) is 2.86. The molecular formula is C16H29N3O. The molecule has 20 heavy (non-hydrogen) atoms. The predicted octanol–water partition coefficient (Wildman–Crippen LogP) is 4.05. The van der Waals surface area contributed by atoms with Crippen LogP contribution < -0.4 is 5.73 Å². The Hall–Kier alpha value is -0.900. The topological polar surface area (TPSA) is 64.9 Å². The van der Waals surface area contributed by atoms with Gasteiger partial charge < -0.3 is 10.3 Å². The summed E-state index contributed by atoms with van der Waals surface area (Å²) in [5.41, 5.74) is 6.48. The van der Waals surface area contributed by atoms with Gasteiger partial charge in [0.2, 0.25) is 5.89 Å². The molecule has 1 aliphatic carbocycles. The van der Waals surface area contributed by atoms with E-state index in [4.69, 9.17) is 10.3 Å². The largest absolute Gasteiger partial charge is 0.339 e. The number of nitrogens with two attached hydrogens (primary N) is 1. The summed E-state index contributed by atoms with van der Waals surface area (Å²) in [4.78, 5) is 4.54. The maximum Gasteiger partial charge on any atom is 0.229 e. The second-order valence-corrected chi connectivity index (χ2v) is 7.68. The van der Waals surface area contributed by atoms with Gasteiger partial charge in [0.15, 0.2) is 5.82 Å². The summed E-state index contributed by atoms with van der Waals surface area (Å²) >= 11 is 0. The molecule has 0 bridgehead atoms. The highest BCUT2D eigenvalue weighted by Crippen LogP contribution is 2.42. The maximum absolute atomic E-state index is 6.07. The molecule has 1 aromatic heterocycles. The van der Waals surface area contributed by atoms with Crippen LogP contribution in [0, 0.1) is 17.3 Å². The van der Waals surface area contributed by atoms with E-state index < -0.39 is 0 Å². The van der Waals surface area contributed by atoms with Gasteiger partial charge in [0.1, 0.15) is 0 Å². The van der Waals surface area contributed by atoms with Crippen molar-refractivity contribution in [3.63, 3.8) is 0 Å². The van der Waals surface area contributed by atoms with Crippen molar-refractivity contribution in [3.05, 3.63) is 11.7 Å². The van der Waals surface area contributed by atoms with E-state index in [0.29, 0.717) is 23.1 Å². The van der Waals surface area contributed by atoms with Gasteiger partial charge in [0.25, 0.3) is 0 Å². The molecule has 0 aromatic carbocycles. The number of nitrogens with zero attached hydrogens (tertiary/aromatic N) is 2. The summed E-state index contributed by atoms with van der Waals surface area (Å²) in [6, 6.07) is -0.126. The second kappa shape index (κ2) is 5.84. The lowest BCUT2D eigenvalue weighted by atomic mass is 9.70. The van der Waals surface area contributed by atoms with Crippen LogP contribution in [0.5, 0.6) is 0 Å². The minimum atomic E-state index is -0.126. The fourth-order valence-electron chi connectivity index (χ4n) is 3.05. The summed E-state index contributed by atoms with van der Waals surface area (Å²) in [6.07, 6.45) is 4.81. The fourth-order valence-corrected chi connectivity index (χ4v) is 3.05. The number of aromatic nitrogens is 2. The van der Waals surface area contributed by atoms with Crippen LogP contribution >= 0.6 is 0 Å².